The van der Waals surface area contributed by atoms with E-state index in [4.69, 9.17) is 0 Å². The molecule has 27 heavy (non-hydrogen) atoms. The number of nitrogens with one attached hydrogen (secondary N) is 2. The highest BCUT2D eigenvalue weighted by Crippen LogP contribution is 2.23. The maximum Gasteiger partial charge on any atom is 0.221 e. The Labute approximate surface area is 159 Å². The molecule has 1 heterocycles. The van der Waals surface area contributed by atoms with Crippen LogP contribution >= 0.6 is 0 Å². The van der Waals surface area contributed by atoms with Gasteiger partial charge < -0.3 is 10.6 Å². The summed E-state index contributed by atoms with van der Waals surface area (Å²) in [5.74, 6) is 1.27. The van der Waals surface area contributed by atoms with Gasteiger partial charge in [0.25, 0.3) is 0 Å². The van der Waals surface area contributed by atoms with Gasteiger partial charge in [0.2, 0.25) is 5.91 Å². The van der Waals surface area contributed by atoms with Gasteiger partial charge in [0.05, 0.1) is 5.69 Å². The number of carbonyl (C=O) groups is 1. The molecule has 2 aromatic carbocycles. The molecular formula is C22H24N4O. The normalized spacial score (nSPS) is 10.7. The highest BCUT2D eigenvalue weighted by atomic mass is 16.1. The first-order valence-corrected chi connectivity index (χ1v) is 9.05. The summed E-state index contributed by atoms with van der Waals surface area (Å²) in [5.41, 5.74) is 4.92. The summed E-state index contributed by atoms with van der Waals surface area (Å²) in [4.78, 5) is 19.8. The van der Waals surface area contributed by atoms with Gasteiger partial charge in [-0.3, -0.25) is 4.79 Å². The summed E-state index contributed by atoms with van der Waals surface area (Å²) < 4.78 is 0. The van der Waals surface area contributed by atoms with E-state index in [9.17, 15) is 4.79 Å². The SMILES string of the molecule is CC(=O)Nc1ccc(Nc2cc(-c3ccc(CC(C)C)cc3)ncn2)cc1. The summed E-state index contributed by atoms with van der Waals surface area (Å²) in [7, 11) is 0. The van der Waals surface area contributed by atoms with E-state index in [1.807, 2.05) is 30.3 Å². The molecule has 0 aliphatic heterocycles. The number of nitrogens with zero attached hydrogens (tertiary/aromatic N) is 2. The topological polar surface area (TPSA) is 66.9 Å². The minimum atomic E-state index is -0.0874. The predicted octanol–water partition coefficient (Wildman–Crippen LogP) is 5.04. The molecule has 0 radical (unpaired) electrons. The zero-order valence-electron chi connectivity index (χ0n) is 15.9. The van der Waals surface area contributed by atoms with Crippen molar-refractivity contribution in [1.82, 2.24) is 9.97 Å². The highest BCUT2D eigenvalue weighted by molar-refractivity contribution is 5.88. The molecule has 0 bridgehead atoms. The molecule has 5 nitrogen and oxygen atoms in total. The average molecular weight is 360 g/mol. The van der Waals surface area contributed by atoms with E-state index >= 15 is 0 Å². The molecular weight excluding hydrogens is 336 g/mol. The van der Waals surface area contributed by atoms with Crippen LogP contribution < -0.4 is 10.6 Å². The molecule has 5 heteroatoms. The Kier molecular flexibility index (Phi) is 5.81. The number of rotatable bonds is 6. The van der Waals surface area contributed by atoms with Gasteiger partial charge in [-0.25, -0.2) is 9.97 Å². The maximum absolute atomic E-state index is 11.1. The first-order valence-electron chi connectivity index (χ1n) is 9.05. The van der Waals surface area contributed by atoms with Gasteiger partial charge in [-0.05, 0) is 42.2 Å². The standard InChI is InChI=1S/C22H24N4O/c1-15(2)12-17-4-6-18(7-5-17)21-13-22(24-14-23-21)26-20-10-8-19(9-11-20)25-16(3)27/h4-11,13-15H,12H2,1-3H3,(H,25,27)(H,23,24,26). The zero-order valence-corrected chi connectivity index (χ0v) is 15.9. The Morgan fingerprint density at radius 1 is 0.963 bits per heavy atom. The quantitative estimate of drug-likeness (QED) is 0.646. The molecule has 138 valence electrons. The van der Waals surface area contributed by atoms with Crippen molar-refractivity contribution in [2.24, 2.45) is 5.92 Å². The molecule has 0 spiro atoms. The Bertz CT molecular complexity index is 902. The van der Waals surface area contributed by atoms with Crippen molar-refractivity contribution in [1.29, 1.82) is 0 Å². The van der Waals surface area contributed by atoms with E-state index in [1.54, 1.807) is 6.33 Å². The van der Waals surface area contributed by atoms with Crippen molar-refractivity contribution in [2.45, 2.75) is 27.2 Å². The third-order valence-electron chi connectivity index (χ3n) is 4.04. The summed E-state index contributed by atoms with van der Waals surface area (Å²) in [5, 5.41) is 6.02. The van der Waals surface area contributed by atoms with Crippen LogP contribution in [0.2, 0.25) is 0 Å². The zero-order chi connectivity index (χ0) is 19.2. The molecule has 0 aliphatic rings. The van der Waals surface area contributed by atoms with Gasteiger partial charge in [0.1, 0.15) is 12.1 Å². The summed E-state index contributed by atoms with van der Waals surface area (Å²) in [6.45, 7) is 5.93. The van der Waals surface area contributed by atoms with Gasteiger partial charge in [0, 0.05) is 29.9 Å². The average Bonchev–Trinajstić information content (AvgIpc) is 2.63. The second-order valence-electron chi connectivity index (χ2n) is 6.97. The lowest BCUT2D eigenvalue weighted by Gasteiger charge is -2.09. The number of aromatic nitrogens is 2. The van der Waals surface area contributed by atoms with E-state index in [0.717, 1.165) is 34.9 Å². The van der Waals surface area contributed by atoms with Crippen LogP contribution in [0.15, 0.2) is 60.9 Å². The van der Waals surface area contributed by atoms with Gasteiger partial charge in [-0.15, -0.1) is 0 Å². The molecule has 0 unspecified atom stereocenters. The largest absolute Gasteiger partial charge is 0.340 e. The van der Waals surface area contributed by atoms with Crippen LogP contribution in [0.1, 0.15) is 26.3 Å². The van der Waals surface area contributed by atoms with E-state index < -0.39 is 0 Å². The summed E-state index contributed by atoms with van der Waals surface area (Å²) >= 11 is 0. The Balaban J connectivity index is 1.72. The number of hydrogen-bond donors (Lipinski definition) is 2. The van der Waals surface area contributed by atoms with E-state index in [2.05, 4.69) is 58.7 Å². The molecule has 0 atom stereocenters. The van der Waals surface area contributed by atoms with Crippen molar-refractivity contribution in [3.63, 3.8) is 0 Å². The van der Waals surface area contributed by atoms with Crippen LogP contribution in [0.25, 0.3) is 11.3 Å². The van der Waals surface area contributed by atoms with Crippen LogP contribution in [-0.4, -0.2) is 15.9 Å². The van der Waals surface area contributed by atoms with Crippen LogP contribution in [0.4, 0.5) is 17.2 Å². The first-order chi connectivity index (χ1) is 13.0. The molecule has 0 saturated carbocycles. The summed E-state index contributed by atoms with van der Waals surface area (Å²) in [6.07, 6.45) is 2.64. The fourth-order valence-electron chi connectivity index (χ4n) is 2.85. The number of amides is 1. The molecule has 3 aromatic rings. The first kappa shape index (κ1) is 18.6. The van der Waals surface area contributed by atoms with Crippen molar-refractivity contribution in [3.05, 3.63) is 66.5 Å². The number of hydrogen-bond acceptors (Lipinski definition) is 4. The summed E-state index contributed by atoms with van der Waals surface area (Å²) in [6, 6.07) is 17.9. The Morgan fingerprint density at radius 3 is 2.26 bits per heavy atom. The fraction of sp³-hybridized carbons (Fsp3) is 0.227. The molecule has 3 rings (SSSR count). The number of benzene rings is 2. The Morgan fingerprint density at radius 2 is 1.63 bits per heavy atom. The smallest absolute Gasteiger partial charge is 0.221 e. The van der Waals surface area contributed by atoms with Crippen molar-refractivity contribution in [2.75, 3.05) is 10.6 Å². The lowest BCUT2D eigenvalue weighted by molar-refractivity contribution is -0.114. The lowest BCUT2D eigenvalue weighted by atomic mass is 10.0. The minimum absolute atomic E-state index is 0.0874. The van der Waals surface area contributed by atoms with Gasteiger partial charge in [0.15, 0.2) is 0 Å². The molecule has 0 aliphatic carbocycles. The van der Waals surface area contributed by atoms with Crippen molar-refractivity contribution in [3.8, 4) is 11.3 Å². The lowest BCUT2D eigenvalue weighted by Crippen LogP contribution is -2.05. The molecule has 0 saturated heterocycles. The van der Waals surface area contributed by atoms with E-state index in [0.29, 0.717) is 5.92 Å². The third kappa shape index (κ3) is 5.38. The molecule has 1 aromatic heterocycles. The maximum atomic E-state index is 11.1. The van der Waals surface area contributed by atoms with Gasteiger partial charge in [-0.1, -0.05) is 38.1 Å². The highest BCUT2D eigenvalue weighted by Gasteiger charge is 2.04. The van der Waals surface area contributed by atoms with Crippen LogP contribution in [-0.2, 0) is 11.2 Å². The predicted molar refractivity (Wildman–Crippen MR) is 110 cm³/mol. The van der Waals surface area contributed by atoms with E-state index in [-0.39, 0.29) is 5.91 Å². The van der Waals surface area contributed by atoms with Crippen molar-refractivity contribution < 1.29 is 4.79 Å². The molecule has 0 fully saturated rings. The van der Waals surface area contributed by atoms with Crippen molar-refractivity contribution >= 4 is 23.1 Å². The minimum Gasteiger partial charge on any atom is -0.340 e. The second-order valence-corrected chi connectivity index (χ2v) is 6.97. The molecule has 1 amide bonds. The van der Waals surface area contributed by atoms with Crippen LogP contribution in [0, 0.1) is 5.92 Å². The third-order valence-corrected chi connectivity index (χ3v) is 4.04. The Hall–Kier alpha value is -3.21. The fourth-order valence-corrected chi connectivity index (χ4v) is 2.85. The second kappa shape index (κ2) is 8.45. The van der Waals surface area contributed by atoms with E-state index in [1.165, 1.54) is 12.5 Å². The van der Waals surface area contributed by atoms with Gasteiger partial charge in [-0.2, -0.15) is 0 Å². The number of anilines is 3. The number of carbonyl (C=O) groups excluding carboxylic acids is 1. The van der Waals surface area contributed by atoms with Crippen LogP contribution in [0.3, 0.4) is 0 Å². The van der Waals surface area contributed by atoms with Crippen LogP contribution in [0.5, 0.6) is 0 Å². The molecule has 2 N–H and O–H groups in total. The van der Waals surface area contributed by atoms with Gasteiger partial charge >= 0.3 is 0 Å². The monoisotopic (exact) mass is 360 g/mol.